The van der Waals surface area contributed by atoms with Gasteiger partial charge in [0.05, 0.1) is 6.61 Å². The minimum Gasteiger partial charge on any atom is -0.508 e. The summed E-state index contributed by atoms with van der Waals surface area (Å²) in [5.41, 5.74) is 1.26. The summed E-state index contributed by atoms with van der Waals surface area (Å²) in [5, 5.41) is 12.9. The van der Waals surface area contributed by atoms with Gasteiger partial charge in [0.2, 0.25) is 6.79 Å². The van der Waals surface area contributed by atoms with Crippen molar-refractivity contribution >= 4 is 12.4 Å². The SMILES string of the molecule is Cl.Oc1ccc(C2CCNCC2COc2ccc3c(c2)OCO3)cc1. The second kappa shape index (κ2) is 7.85. The molecule has 0 aliphatic carbocycles. The van der Waals surface area contributed by atoms with Gasteiger partial charge in [-0.1, -0.05) is 12.1 Å². The molecule has 6 heteroatoms. The van der Waals surface area contributed by atoms with Gasteiger partial charge in [0.25, 0.3) is 0 Å². The number of rotatable bonds is 4. The molecule has 2 atom stereocenters. The highest BCUT2D eigenvalue weighted by molar-refractivity contribution is 5.85. The summed E-state index contributed by atoms with van der Waals surface area (Å²) < 4.78 is 16.7. The zero-order valence-electron chi connectivity index (χ0n) is 13.8. The fourth-order valence-electron chi connectivity index (χ4n) is 3.43. The van der Waals surface area contributed by atoms with Crippen LogP contribution in [0.4, 0.5) is 0 Å². The first-order valence-corrected chi connectivity index (χ1v) is 8.32. The van der Waals surface area contributed by atoms with Crippen LogP contribution in [0.2, 0.25) is 0 Å². The van der Waals surface area contributed by atoms with Crippen LogP contribution in [0.5, 0.6) is 23.0 Å². The zero-order chi connectivity index (χ0) is 16.4. The highest BCUT2D eigenvalue weighted by Crippen LogP contribution is 2.36. The van der Waals surface area contributed by atoms with E-state index in [0.717, 1.165) is 36.8 Å². The highest BCUT2D eigenvalue weighted by atomic mass is 35.5. The number of fused-ring (bicyclic) bond motifs is 1. The summed E-state index contributed by atoms with van der Waals surface area (Å²) in [6.07, 6.45) is 1.07. The number of nitrogens with one attached hydrogen (secondary N) is 1. The number of halogens is 1. The summed E-state index contributed by atoms with van der Waals surface area (Å²) in [4.78, 5) is 0. The number of hydrogen-bond donors (Lipinski definition) is 2. The Morgan fingerprint density at radius 3 is 2.72 bits per heavy atom. The quantitative estimate of drug-likeness (QED) is 0.872. The first-order chi connectivity index (χ1) is 11.8. The molecule has 5 nitrogen and oxygen atoms in total. The van der Waals surface area contributed by atoms with Crippen LogP contribution >= 0.6 is 12.4 Å². The van der Waals surface area contributed by atoms with Crippen molar-refractivity contribution in [1.82, 2.24) is 5.32 Å². The third-order valence-corrected chi connectivity index (χ3v) is 4.74. The van der Waals surface area contributed by atoms with Crippen LogP contribution in [0, 0.1) is 5.92 Å². The summed E-state index contributed by atoms with van der Waals surface area (Å²) in [5.74, 6) is 3.43. The molecule has 0 radical (unpaired) electrons. The Morgan fingerprint density at radius 1 is 1.08 bits per heavy atom. The van der Waals surface area contributed by atoms with E-state index in [0.29, 0.717) is 24.2 Å². The topological polar surface area (TPSA) is 60.0 Å². The van der Waals surface area contributed by atoms with Crippen LogP contribution in [-0.4, -0.2) is 31.6 Å². The van der Waals surface area contributed by atoms with Gasteiger partial charge in [0.15, 0.2) is 11.5 Å². The monoisotopic (exact) mass is 363 g/mol. The number of phenolic OH excluding ortho intramolecular Hbond substituents is 1. The number of phenols is 1. The van der Waals surface area contributed by atoms with E-state index in [4.69, 9.17) is 14.2 Å². The lowest BCUT2D eigenvalue weighted by atomic mass is 9.81. The lowest BCUT2D eigenvalue weighted by Gasteiger charge is -2.32. The molecule has 2 aromatic carbocycles. The first-order valence-electron chi connectivity index (χ1n) is 8.32. The number of benzene rings is 2. The Bertz CT molecular complexity index is 707. The van der Waals surface area contributed by atoms with Crippen molar-refractivity contribution in [2.75, 3.05) is 26.5 Å². The van der Waals surface area contributed by atoms with Crippen LogP contribution in [0.15, 0.2) is 42.5 Å². The lowest BCUT2D eigenvalue weighted by molar-refractivity contribution is 0.173. The molecule has 2 N–H and O–H groups in total. The second-order valence-corrected chi connectivity index (χ2v) is 6.28. The molecular weight excluding hydrogens is 342 g/mol. The summed E-state index contributed by atoms with van der Waals surface area (Å²) in [7, 11) is 0. The molecule has 1 fully saturated rings. The number of hydrogen-bond acceptors (Lipinski definition) is 5. The average Bonchev–Trinajstić information content (AvgIpc) is 3.09. The van der Waals surface area contributed by atoms with Gasteiger partial charge in [-0.05, 0) is 48.7 Å². The molecule has 0 amide bonds. The third kappa shape index (κ3) is 3.94. The average molecular weight is 364 g/mol. The lowest BCUT2D eigenvalue weighted by Crippen LogP contribution is -2.38. The van der Waals surface area contributed by atoms with Crippen molar-refractivity contribution < 1.29 is 19.3 Å². The van der Waals surface area contributed by atoms with Crippen molar-refractivity contribution in [2.24, 2.45) is 5.92 Å². The molecule has 2 aliphatic heterocycles. The van der Waals surface area contributed by atoms with Gasteiger partial charge in [-0.3, -0.25) is 0 Å². The minimum atomic E-state index is 0. The number of piperidine rings is 1. The van der Waals surface area contributed by atoms with Crippen molar-refractivity contribution in [3.8, 4) is 23.0 Å². The van der Waals surface area contributed by atoms with Gasteiger partial charge in [0, 0.05) is 18.5 Å². The van der Waals surface area contributed by atoms with Crippen molar-refractivity contribution in [2.45, 2.75) is 12.3 Å². The number of aromatic hydroxyl groups is 1. The fraction of sp³-hybridized carbons (Fsp3) is 0.368. The van der Waals surface area contributed by atoms with E-state index in [1.165, 1.54) is 5.56 Å². The van der Waals surface area contributed by atoms with E-state index >= 15 is 0 Å². The number of ether oxygens (including phenoxy) is 3. The molecule has 0 bridgehead atoms. The Hall–Kier alpha value is -2.11. The molecule has 2 unspecified atom stereocenters. The largest absolute Gasteiger partial charge is 0.508 e. The zero-order valence-corrected chi connectivity index (χ0v) is 14.6. The van der Waals surface area contributed by atoms with Gasteiger partial charge in [-0.25, -0.2) is 0 Å². The van der Waals surface area contributed by atoms with Gasteiger partial charge in [-0.2, -0.15) is 0 Å². The van der Waals surface area contributed by atoms with Gasteiger partial charge in [0.1, 0.15) is 11.5 Å². The van der Waals surface area contributed by atoms with Crippen LogP contribution in [0.1, 0.15) is 17.9 Å². The molecule has 4 rings (SSSR count). The maximum Gasteiger partial charge on any atom is 0.231 e. The standard InChI is InChI=1S/C19H21NO4.ClH/c21-15-3-1-13(2-4-15)17-7-8-20-10-14(17)11-22-16-5-6-18-19(9-16)24-12-23-18;/h1-6,9,14,17,20-21H,7-8,10-12H2;1H. The minimum absolute atomic E-state index is 0. The Kier molecular flexibility index (Phi) is 5.56. The molecule has 0 spiro atoms. The predicted molar refractivity (Wildman–Crippen MR) is 97.1 cm³/mol. The fourth-order valence-corrected chi connectivity index (χ4v) is 3.43. The van der Waals surface area contributed by atoms with Gasteiger partial charge in [-0.15, -0.1) is 12.4 Å². The highest BCUT2D eigenvalue weighted by Gasteiger charge is 2.27. The van der Waals surface area contributed by atoms with Gasteiger partial charge < -0.3 is 24.6 Å². The summed E-state index contributed by atoms with van der Waals surface area (Å²) in [6, 6.07) is 13.2. The van der Waals surface area contributed by atoms with E-state index in [-0.39, 0.29) is 19.2 Å². The second-order valence-electron chi connectivity index (χ2n) is 6.28. The van der Waals surface area contributed by atoms with Crippen molar-refractivity contribution in [1.29, 1.82) is 0 Å². The normalized spacial score (nSPS) is 21.4. The van der Waals surface area contributed by atoms with Crippen LogP contribution < -0.4 is 19.5 Å². The van der Waals surface area contributed by atoms with E-state index < -0.39 is 0 Å². The Balaban J connectivity index is 0.00000182. The molecule has 134 valence electrons. The van der Waals surface area contributed by atoms with Crippen molar-refractivity contribution in [3.63, 3.8) is 0 Å². The first kappa shape index (κ1) is 17.7. The van der Waals surface area contributed by atoms with E-state index in [1.807, 2.05) is 30.3 Å². The summed E-state index contributed by atoms with van der Waals surface area (Å²) >= 11 is 0. The van der Waals surface area contributed by atoms with E-state index in [9.17, 15) is 5.11 Å². The molecule has 2 aliphatic rings. The molecule has 1 saturated heterocycles. The third-order valence-electron chi connectivity index (χ3n) is 4.74. The van der Waals surface area contributed by atoms with E-state index in [1.54, 1.807) is 12.1 Å². The molecule has 0 saturated carbocycles. The Labute approximate surface area is 153 Å². The maximum absolute atomic E-state index is 9.49. The van der Waals surface area contributed by atoms with Crippen molar-refractivity contribution in [3.05, 3.63) is 48.0 Å². The van der Waals surface area contributed by atoms with Crippen LogP contribution in [0.3, 0.4) is 0 Å². The molecule has 2 heterocycles. The smallest absolute Gasteiger partial charge is 0.231 e. The predicted octanol–water partition coefficient (Wildman–Crippen LogP) is 3.31. The molecule has 2 aromatic rings. The maximum atomic E-state index is 9.49. The molecule has 25 heavy (non-hydrogen) atoms. The Morgan fingerprint density at radius 2 is 1.88 bits per heavy atom. The van der Waals surface area contributed by atoms with Crippen LogP contribution in [0.25, 0.3) is 0 Å². The molecular formula is C19H22ClNO4. The van der Waals surface area contributed by atoms with Crippen LogP contribution in [-0.2, 0) is 0 Å². The summed E-state index contributed by atoms with van der Waals surface area (Å²) in [6.45, 7) is 2.84. The van der Waals surface area contributed by atoms with Gasteiger partial charge >= 0.3 is 0 Å². The van der Waals surface area contributed by atoms with E-state index in [2.05, 4.69) is 5.32 Å². The molecule has 0 aromatic heterocycles.